The number of carbonyl (C=O) groups is 3. The predicted octanol–water partition coefficient (Wildman–Crippen LogP) is 2.08. The van der Waals surface area contributed by atoms with Gasteiger partial charge in [0.15, 0.2) is 0 Å². The third-order valence-electron chi connectivity index (χ3n) is 3.57. The first-order valence-corrected chi connectivity index (χ1v) is 7.78. The molecule has 1 heterocycles. The van der Waals surface area contributed by atoms with Gasteiger partial charge in [-0.2, -0.15) is 0 Å². The van der Waals surface area contributed by atoms with Gasteiger partial charge in [-0.15, -0.1) is 11.3 Å². The van der Waals surface area contributed by atoms with Gasteiger partial charge in [0.1, 0.15) is 6.04 Å². The van der Waals surface area contributed by atoms with Crippen molar-refractivity contribution in [3.8, 4) is 0 Å². The zero-order valence-corrected chi connectivity index (χ0v) is 12.5. The Morgan fingerprint density at radius 3 is 2.57 bits per heavy atom. The van der Waals surface area contributed by atoms with Crippen LogP contribution in [-0.4, -0.2) is 28.9 Å². The van der Waals surface area contributed by atoms with E-state index in [1.54, 1.807) is 6.92 Å². The van der Waals surface area contributed by atoms with Gasteiger partial charge >= 0.3 is 5.97 Å². The number of anilines is 1. The molecule has 0 aliphatic heterocycles. The zero-order valence-electron chi connectivity index (χ0n) is 11.7. The Labute approximate surface area is 126 Å². The fourth-order valence-corrected chi connectivity index (χ4v) is 3.11. The second-order valence-electron chi connectivity index (χ2n) is 5.21. The number of thiophene rings is 1. The van der Waals surface area contributed by atoms with Crippen molar-refractivity contribution in [1.29, 1.82) is 0 Å². The fraction of sp³-hybridized carbons (Fsp3) is 0.500. The van der Waals surface area contributed by atoms with Crippen molar-refractivity contribution in [1.82, 2.24) is 5.32 Å². The lowest BCUT2D eigenvalue weighted by Crippen LogP contribution is -2.43. The van der Waals surface area contributed by atoms with Crippen LogP contribution in [0.25, 0.3) is 0 Å². The summed E-state index contributed by atoms with van der Waals surface area (Å²) in [5.74, 6) is -1.44. The molecule has 1 fully saturated rings. The number of hydrogen-bond donors (Lipinski definition) is 3. The summed E-state index contributed by atoms with van der Waals surface area (Å²) >= 11 is 1.14. The Morgan fingerprint density at radius 2 is 2.00 bits per heavy atom. The largest absolute Gasteiger partial charge is 0.478 e. The first kappa shape index (κ1) is 15.5. The topological polar surface area (TPSA) is 95.5 Å². The molecule has 1 aromatic rings. The minimum absolute atomic E-state index is 0.0144. The Kier molecular flexibility index (Phi) is 4.95. The Hall–Kier alpha value is -1.89. The molecular formula is C14H18N2O4S. The van der Waals surface area contributed by atoms with Crippen LogP contribution < -0.4 is 10.6 Å². The number of amides is 2. The molecule has 7 heteroatoms. The average Bonchev–Trinajstić information content (AvgIpc) is 3.09. The number of rotatable bonds is 5. The van der Waals surface area contributed by atoms with E-state index in [-0.39, 0.29) is 23.3 Å². The number of hydrogen-bond acceptors (Lipinski definition) is 4. The SMILES string of the molecule is CC(NC(=O)C1CCCC1)C(=O)Nc1cc(C(=O)O)cs1. The standard InChI is InChI=1S/C14H18N2O4S/c1-8(15-13(18)9-4-2-3-5-9)12(17)16-11-6-10(7-21-11)14(19)20/h6-9H,2-5H2,1H3,(H,15,18)(H,16,17)(H,19,20). The van der Waals surface area contributed by atoms with Crippen LogP contribution in [0.2, 0.25) is 0 Å². The lowest BCUT2D eigenvalue weighted by Gasteiger charge is -2.16. The molecule has 114 valence electrons. The van der Waals surface area contributed by atoms with Gasteiger partial charge in [0.2, 0.25) is 11.8 Å². The molecule has 21 heavy (non-hydrogen) atoms. The van der Waals surface area contributed by atoms with Crippen molar-refractivity contribution in [2.75, 3.05) is 5.32 Å². The van der Waals surface area contributed by atoms with E-state index in [4.69, 9.17) is 5.11 Å². The van der Waals surface area contributed by atoms with Gasteiger partial charge in [-0.1, -0.05) is 12.8 Å². The summed E-state index contributed by atoms with van der Waals surface area (Å²) in [6.07, 6.45) is 3.89. The molecule has 1 unspecified atom stereocenters. The second kappa shape index (κ2) is 6.71. The van der Waals surface area contributed by atoms with E-state index in [2.05, 4.69) is 10.6 Å². The van der Waals surface area contributed by atoms with E-state index in [9.17, 15) is 14.4 Å². The van der Waals surface area contributed by atoms with Crippen LogP contribution in [0.3, 0.4) is 0 Å². The summed E-state index contributed by atoms with van der Waals surface area (Å²) in [6, 6.07) is 0.754. The second-order valence-corrected chi connectivity index (χ2v) is 6.12. The minimum atomic E-state index is -1.03. The monoisotopic (exact) mass is 310 g/mol. The Balaban J connectivity index is 1.86. The van der Waals surface area contributed by atoms with E-state index >= 15 is 0 Å². The molecule has 1 saturated carbocycles. The van der Waals surface area contributed by atoms with Crippen LogP contribution in [0.15, 0.2) is 11.4 Å². The summed E-state index contributed by atoms with van der Waals surface area (Å²) in [5.41, 5.74) is 0.137. The predicted molar refractivity (Wildman–Crippen MR) is 79.5 cm³/mol. The Morgan fingerprint density at radius 1 is 1.33 bits per heavy atom. The van der Waals surface area contributed by atoms with E-state index in [0.717, 1.165) is 37.0 Å². The molecule has 0 radical (unpaired) electrons. The summed E-state index contributed by atoms with van der Waals surface area (Å²) in [7, 11) is 0. The molecule has 1 aliphatic rings. The van der Waals surface area contributed by atoms with Gasteiger partial charge in [-0.05, 0) is 25.8 Å². The first-order valence-electron chi connectivity index (χ1n) is 6.90. The minimum Gasteiger partial charge on any atom is -0.478 e. The van der Waals surface area contributed by atoms with Crippen molar-refractivity contribution >= 4 is 34.1 Å². The van der Waals surface area contributed by atoms with E-state index < -0.39 is 12.0 Å². The van der Waals surface area contributed by atoms with Crippen molar-refractivity contribution in [2.24, 2.45) is 5.92 Å². The van der Waals surface area contributed by atoms with Gasteiger partial charge in [0, 0.05) is 11.3 Å². The van der Waals surface area contributed by atoms with Crippen molar-refractivity contribution < 1.29 is 19.5 Å². The van der Waals surface area contributed by atoms with Crippen LogP contribution in [0.1, 0.15) is 43.0 Å². The summed E-state index contributed by atoms with van der Waals surface area (Å²) in [5, 5.41) is 16.1. The molecule has 0 saturated heterocycles. The van der Waals surface area contributed by atoms with Gasteiger partial charge < -0.3 is 15.7 Å². The zero-order chi connectivity index (χ0) is 15.4. The first-order chi connectivity index (χ1) is 9.97. The summed E-state index contributed by atoms with van der Waals surface area (Å²) < 4.78 is 0. The average molecular weight is 310 g/mol. The highest BCUT2D eigenvalue weighted by molar-refractivity contribution is 7.14. The number of carboxylic acids is 1. The highest BCUT2D eigenvalue weighted by Gasteiger charge is 2.25. The lowest BCUT2D eigenvalue weighted by molar-refractivity contribution is -0.128. The molecule has 0 bridgehead atoms. The maximum absolute atomic E-state index is 12.0. The van der Waals surface area contributed by atoms with Crippen LogP contribution in [-0.2, 0) is 9.59 Å². The van der Waals surface area contributed by atoms with Gasteiger partial charge in [0.25, 0.3) is 0 Å². The van der Waals surface area contributed by atoms with E-state index in [0.29, 0.717) is 5.00 Å². The van der Waals surface area contributed by atoms with Crippen LogP contribution in [0.4, 0.5) is 5.00 Å². The maximum Gasteiger partial charge on any atom is 0.336 e. The molecule has 2 amide bonds. The van der Waals surface area contributed by atoms with E-state index in [1.807, 2.05) is 0 Å². The quantitative estimate of drug-likeness (QED) is 0.776. The van der Waals surface area contributed by atoms with E-state index in [1.165, 1.54) is 11.4 Å². The molecule has 0 aromatic carbocycles. The van der Waals surface area contributed by atoms with Crippen LogP contribution >= 0.6 is 11.3 Å². The Bertz CT molecular complexity index is 549. The van der Waals surface area contributed by atoms with Crippen molar-refractivity contribution in [2.45, 2.75) is 38.6 Å². The van der Waals surface area contributed by atoms with Crippen molar-refractivity contribution in [3.05, 3.63) is 17.0 Å². The summed E-state index contributed by atoms with van der Waals surface area (Å²) in [6.45, 7) is 1.62. The maximum atomic E-state index is 12.0. The van der Waals surface area contributed by atoms with Gasteiger partial charge in [-0.3, -0.25) is 9.59 Å². The number of carbonyl (C=O) groups excluding carboxylic acids is 2. The molecule has 2 rings (SSSR count). The molecule has 1 atom stereocenters. The number of carboxylic acid groups (broad SMARTS) is 1. The number of nitrogens with one attached hydrogen (secondary N) is 2. The molecule has 0 spiro atoms. The molecule has 1 aromatic heterocycles. The highest BCUT2D eigenvalue weighted by atomic mass is 32.1. The molecule has 1 aliphatic carbocycles. The normalized spacial score (nSPS) is 16.4. The third-order valence-corrected chi connectivity index (χ3v) is 4.42. The summed E-state index contributed by atoms with van der Waals surface area (Å²) in [4.78, 5) is 34.7. The van der Waals surface area contributed by atoms with Crippen molar-refractivity contribution in [3.63, 3.8) is 0 Å². The van der Waals surface area contributed by atoms with Crippen LogP contribution in [0, 0.1) is 5.92 Å². The molecular weight excluding hydrogens is 292 g/mol. The fourth-order valence-electron chi connectivity index (χ4n) is 2.33. The highest BCUT2D eigenvalue weighted by Crippen LogP contribution is 2.25. The third kappa shape index (κ3) is 4.04. The van der Waals surface area contributed by atoms with Gasteiger partial charge in [-0.25, -0.2) is 4.79 Å². The molecule has 6 nitrogen and oxygen atoms in total. The number of aromatic carboxylic acids is 1. The smallest absolute Gasteiger partial charge is 0.336 e. The lowest BCUT2D eigenvalue weighted by atomic mass is 10.1. The van der Waals surface area contributed by atoms with Gasteiger partial charge in [0.05, 0.1) is 10.6 Å². The van der Waals surface area contributed by atoms with Crippen LogP contribution in [0.5, 0.6) is 0 Å². The molecule has 3 N–H and O–H groups in total.